The standard InChI is InChI=1S/C16H33.Cu.FH/c1-3-5-7-9-11-13-15-16-14-12-10-8-6-4-2;;/h1,3-16H2,2H3;;1H/q-1;+2;/p-1. The molecule has 0 aromatic rings. The maximum atomic E-state index is 9.06. The first kappa shape index (κ1) is 20.8. The van der Waals surface area contributed by atoms with Crippen molar-refractivity contribution in [1.29, 1.82) is 0 Å². The van der Waals surface area contributed by atoms with Crippen LogP contribution in [0.15, 0.2) is 0 Å². The summed E-state index contributed by atoms with van der Waals surface area (Å²) < 4.78 is 9.06. The topological polar surface area (TPSA) is 0 Å². The van der Waals surface area contributed by atoms with Gasteiger partial charge in [-0.1, -0.05) is 90.4 Å². The molecule has 0 bridgehead atoms. The molecule has 0 aliphatic carbocycles. The van der Waals surface area contributed by atoms with E-state index in [4.69, 9.17) is 3.55 Å². The molecule has 0 fully saturated rings. The van der Waals surface area contributed by atoms with E-state index in [1.54, 1.807) is 0 Å². The summed E-state index contributed by atoms with van der Waals surface area (Å²) in [6.45, 7) is 6.16. The second kappa shape index (κ2) is 22.6. The fraction of sp³-hybridized carbons (Fsp3) is 0.938. The van der Waals surface area contributed by atoms with E-state index in [2.05, 4.69) is 30.3 Å². The van der Waals surface area contributed by atoms with E-state index in [9.17, 15) is 0 Å². The zero-order valence-corrected chi connectivity index (χ0v) is 13.2. The summed E-state index contributed by atoms with van der Waals surface area (Å²) in [6.07, 6.45) is 19.8. The molecule has 0 aliphatic rings. The summed E-state index contributed by atoms with van der Waals surface area (Å²) in [5.74, 6) is 0. The van der Waals surface area contributed by atoms with Gasteiger partial charge in [-0.2, -0.15) is 6.42 Å². The van der Waals surface area contributed by atoms with Gasteiger partial charge in [-0.25, -0.2) is 0 Å². The molecule has 18 heavy (non-hydrogen) atoms. The zero-order chi connectivity index (χ0) is 13.9. The molecule has 0 heterocycles. The van der Waals surface area contributed by atoms with Gasteiger partial charge >= 0.3 is 20.0 Å². The van der Waals surface area contributed by atoms with Crippen LogP contribution in [-0.4, -0.2) is 0 Å². The first-order chi connectivity index (χ1) is 8.91. The maximum absolute atomic E-state index is 9.06. The van der Waals surface area contributed by atoms with E-state index in [0.717, 1.165) is 6.42 Å². The van der Waals surface area contributed by atoms with Gasteiger partial charge in [0.2, 0.25) is 0 Å². The molecule has 0 saturated heterocycles. The summed E-state index contributed by atoms with van der Waals surface area (Å²) >= 11 is 2.69. The molecular formula is C16H33CuF. The van der Waals surface area contributed by atoms with E-state index < -0.39 is 0 Å². The van der Waals surface area contributed by atoms with Gasteiger partial charge in [0.25, 0.3) is 0 Å². The molecule has 2 heteroatoms. The quantitative estimate of drug-likeness (QED) is 0.201. The molecule has 0 aliphatic heterocycles. The van der Waals surface area contributed by atoms with Crippen LogP contribution in [0.25, 0.3) is 0 Å². The van der Waals surface area contributed by atoms with Crippen LogP contribution in [0.2, 0.25) is 0 Å². The number of halogens is 1. The van der Waals surface area contributed by atoms with Crippen LogP contribution >= 0.6 is 0 Å². The van der Waals surface area contributed by atoms with Crippen LogP contribution in [0.1, 0.15) is 96.8 Å². The van der Waals surface area contributed by atoms with Crippen molar-refractivity contribution in [2.75, 3.05) is 0 Å². The van der Waals surface area contributed by atoms with E-state index in [0.29, 0.717) is 0 Å². The van der Waals surface area contributed by atoms with Crippen LogP contribution in [0, 0.1) is 6.92 Å². The van der Waals surface area contributed by atoms with Crippen LogP contribution in [-0.2, 0) is 16.5 Å². The predicted molar refractivity (Wildman–Crippen MR) is 76.8 cm³/mol. The summed E-state index contributed by atoms with van der Waals surface area (Å²) in [7, 11) is 0. The van der Waals surface area contributed by atoms with Gasteiger partial charge in [0.05, 0.1) is 0 Å². The van der Waals surface area contributed by atoms with Gasteiger partial charge in [0.1, 0.15) is 0 Å². The Morgan fingerprint density at radius 1 is 0.611 bits per heavy atom. The first-order valence-electron chi connectivity index (χ1n) is 7.82. The molecule has 0 aromatic heterocycles. The molecule has 0 saturated carbocycles. The number of hydrogen-bond donors (Lipinski definition) is 0. The van der Waals surface area contributed by atoms with Crippen LogP contribution < -0.4 is 0 Å². The average Bonchev–Trinajstić information content (AvgIpc) is 2.42. The van der Waals surface area contributed by atoms with Gasteiger partial charge in [0.15, 0.2) is 0 Å². The second-order valence-electron chi connectivity index (χ2n) is 5.10. The normalized spacial score (nSPS) is 10.1. The molecule has 0 atom stereocenters. The van der Waals surface area contributed by atoms with Gasteiger partial charge in [-0.15, -0.1) is 0 Å². The molecule has 0 amide bonds. The molecule has 0 radical (unpaired) electrons. The Balaban J connectivity index is 0. The summed E-state index contributed by atoms with van der Waals surface area (Å²) in [5.41, 5.74) is 0. The number of unbranched alkanes of at least 4 members (excludes halogenated alkanes) is 13. The number of rotatable bonds is 13. The van der Waals surface area contributed by atoms with E-state index in [-0.39, 0.29) is 0 Å². The van der Waals surface area contributed by atoms with Crippen molar-refractivity contribution in [1.82, 2.24) is 0 Å². The Morgan fingerprint density at radius 2 is 0.889 bits per heavy atom. The second-order valence-corrected chi connectivity index (χ2v) is 5.10. The predicted octanol–water partition coefficient (Wildman–Crippen LogP) is 6.72. The Bertz CT molecular complexity index is 104. The SMILES string of the molecule is [CH2-]CCCCCCCCCCCCCCC.[F][Cu+]. The van der Waals surface area contributed by atoms with E-state index >= 15 is 0 Å². The third-order valence-electron chi connectivity index (χ3n) is 3.35. The van der Waals surface area contributed by atoms with E-state index in [1.807, 2.05) is 0 Å². The van der Waals surface area contributed by atoms with Crippen molar-refractivity contribution < 1.29 is 20.0 Å². The Kier molecular flexibility index (Phi) is 26.1. The minimum absolute atomic E-state index is 1.12. The third kappa shape index (κ3) is 21.7. The fourth-order valence-electron chi connectivity index (χ4n) is 2.19. The Hall–Kier alpha value is 0.449. The molecule has 0 spiro atoms. The van der Waals surface area contributed by atoms with E-state index in [1.165, 1.54) is 83.5 Å². The van der Waals surface area contributed by atoms with Crippen molar-refractivity contribution in [2.24, 2.45) is 0 Å². The third-order valence-corrected chi connectivity index (χ3v) is 3.35. The Morgan fingerprint density at radius 3 is 1.17 bits per heavy atom. The monoisotopic (exact) mass is 307 g/mol. The van der Waals surface area contributed by atoms with Crippen molar-refractivity contribution in [2.45, 2.75) is 96.8 Å². The summed E-state index contributed by atoms with van der Waals surface area (Å²) in [5, 5.41) is 0. The molecule has 0 nitrogen and oxygen atoms in total. The minimum atomic E-state index is 1.12. The zero-order valence-electron chi connectivity index (χ0n) is 12.3. The molecule has 0 rings (SSSR count). The van der Waals surface area contributed by atoms with Gasteiger partial charge in [-0.3, -0.25) is 0 Å². The van der Waals surface area contributed by atoms with Crippen molar-refractivity contribution >= 4 is 0 Å². The van der Waals surface area contributed by atoms with Gasteiger partial charge in [-0.05, 0) is 0 Å². The molecule has 0 aromatic carbocycles. The molecule has 0 unspecified atom stereocenters. The molecule has 0 N–H and O–H groups in total. The van der Waals surface area contributed by atoms with Gasteiger partial charge < -0.3 is 6.92 Å². The van der Waals surface area contributed by atoms with Crippen LogP contribution in [0.4, 0.5) is 3.55 Å². The van der Waals surface area contributed by atoms with Gasteiger partial charge in [0, 0.05) is 0 Å². The first-order valence-corrected chi connectivity index (χ1v) is 8.18. The fourth-order valence-corrected chi connectivity index (χ4v) is 2.19. The van der Waals surface area contributed by atoms with Crippen LogP contribution in [0.3, 0.4) is 0 Å². The average molecular weight is 308 g/mol. The van der Waals surface area contributed by atoms with Crippen molar-refractivity contribution in [3.63, 3.8) is 0 Å². The summed E-state index contributed by atoms with van der Waals surface area (Å²) in [4.78, 5) is 0. The number of hydrogen-bond acceptors (Lipinski definition) is 0. The molecular weight excluding hydrogens is 275 g/mol. The summed E-state index contributed by atoms with van der Waals surface area (Å²) in [6, 6.07) is 0. The van der Waals surface area contributed by atoms with Crippen molar-refractivity contribution in [3.05, 3.63) is 6.92 Å². The molecule has 115 valence electrons. The van der Waals surface area contributed by atoms with Crippen LogP contribution in [0.5, 0.6) is 0 Å². The Labute approximate surface area is 124 Å². The van der Waals surface area contributed by atoms with Crippen molar-refractivity contribution in [3.8, 4) is 0 Å².